The summed E-state index contributed by atoms with van der Waals surface area (Å²) in [6.07, 6.45) is 0.258. The molecule has 9 nitrogen and oxygen atoms in total. The summed E-state index contributed by atoms with van der Waals surface area (Å²) in [5.74, 6) is -5.56. The molecule has 0 N–H and O–H groups in total. The van der Waals surface area contributed by atoms with Crippen LogP contribution in [0, 0.1) is 0 Å². The molecular formula is C18H32Cl3F3O9. The Morgan fingerprint density at radius 3 is 2.12 bits per heavy atom. The fraction of sp³-hybridized carbons (Fsp3) is 1.00. The van der Waals surface area contributed by atoms with Crippen molar-refractivity contribution in [2.24, 2.45) is 0 Å². The fourth-order valence-electron chi connectivity index (χ4n) is 2.40. The van der Waals surface area contributed by atoms with Gasteiger partial charge in [0.1, 0.15) is 19.3 Å². The molecule has 4 unspecified atom stereocenters. The van der Waals surface area contributed by atoms with Crippen LogP contribution in [0.5, 0.6) is 0 Å². The molecule has 0 aromatic heterocycles. The zero-order valence-electron chi connectivity index (χ0n) is 18.8. The number of halogens is 6. The Labute approximate surface area is 206 Å². The van der Waals surface area contributed by atoms with Crippen LogP contribution < -0.4 is 0 Å². The third-order valence-electron chi connectivity index (χ3n) is 3.70. The van der Waals surface area contributed by atoms with Crippen LogP contribution in [0.1, 0.15) is 26.7 Å². The number of alkyl halides is 6. The van der Waals surface area contributed by atoms with Crippen molar-refractivity contribution in [3.8, 4) is 0 Å². The SMILES string of the molecule is CCCOC(OCC)(C(Cl)(OCCl)OCCCF)C(OCF)(OCCF)OOCC(Cl)OC. The highest BCUT2D eigenvalue weighted by Gasteiger charge is 2.74. The molecule has 0 aromatic rings. The van der Waals surface area contributed by atoms with Crippen LogP contribution in [0.4, 0.5) is 13.2 Å². The molecule has 0 saturated heterocycles. The zero-order chi connectivity index (χ0) is 25.2. The highest BCUT2D eigenvalue weighted by Crippen LogP contribution is 2.48. The molecule has 0 amide bonds. The van der Waals surface area contributed by atoms with E-state index in [1.807, 2.05) is 0 Å². The topological polar surface area (TPSA) is 83.1 Å². The van der Waals surface area contributed by atoms with Crippen LogP contribution in [-0.2, 0) is 42.9 Å². The van der Waals surface area contributed by atoms with Crippen LogP contribution in [0.3, 0.4) is 0 Å². The van der Waals surface area contributed by atoms with E-state index in [1.54, 1.807) is 6.92 Å². The average Bonchev–Trinajstić information content (AvgIpc) is 2.80. The monoisotopic (exact) mass is 554 g/mol. The van der Waals surface area contributed by atoms with Gasteiger partial charge in [-0.25, -0.2) is 13.7 Å². The predicted molar refractivity (Wildman–Crippen MR) is 113 cm³/mol. The van der Waals surface area contributed by atoms with Gasteiger partial charge in [-0.05, 0) is 19.8 Å². The summed E-state index contributed by atoms with van der Waals surface area (Å²) >= 11 is 18.2. The van der Waals surface area contributed by atoms with Gasteiger partial charge in [0.05, 0.1) is 26.5 Å². The second kappa shape index (κ2) is 18.6. The second-order valence-corrected chi connectivity index (χ2v) is 7.14. The van der Waals surface area contributed by atoms with Gasteiger partial charge in [-0.1, -0.05) is 41.7 Å². The standard InChI is InChI=1S/C18H32Cl3F3O9/c1-4-9-27-16(26-5-2,17(21,30-13-19)28-10-6-7-22)18(31-14-24,29-11-8-23)33-32-12-15(20)25-3/h15H,4-14H2,1-3H3. The van der Waals surface area contributed by atoms with Crippen molar-refractivity contribution in [3.05, 3.63) is 0 Å². The maximum atomic E-state index is 13.6. The van der Waals surface area contributed by atoms with Crippen molar-refractivity contribution in [2.45, 2.75) is 49.3 Å². The Morgan fingerprint density at radius 2 is 1.61 bits per heavy atom. The van der Waals surface area contributed by atoms with E-state index in [2.05, 4.69) is 0 Å². The maximum absolute atomic E-state index is 13.6. The van der Waals surface area contributed by atoms with Gasteiger partial charge in [0.25, 0.3) is 0 Å². The molecule has 0 saturated carbocycles. The van der Waals surface area contributed by atoms with E-state index in [9.17, 15) is 13.2 Å². The number of methoxy groups -OCH3 is 1. The van der Waals surface area contributed by atoms with E-state index in [0.29, 0.717) is 6.42 Å². The first-order chi connectivity index (χ1) is 15.8. The summed E-state index contributed by atoms with van der Waals surface area (Å²) in [6, 6.07) is -0.605. The fourth-order valence-corrected chi connectivity index (χ4v) is 3.01. The van der Waals surface area contributed by atoms with Gasteiger partial charge in [0.15, 0.2) is 12.4 Å². The highest BCUT2D eigenvalue weighted by molar-refractivity contribution is 6.23. The minimum atomic E-state index is -2.90. The van der Waals surface area contributed by atoms with Crippen molar-refractivity contribution in [1.29, 1.82) is 0 Å². The molecule has 0 aliphatic carbocycles. The van der Waals surface area contributed by atoms with E-state index >= 15 is 0 Å². The second-order valence-electron chi connectivity index (χ2n) is 5.94. The lowest BCUT2D eigenvalue weighted by Gasteiger charge is -2.50. The minimum Gasteiger partial charge on any atom is -0.363 e. The van der Waals surface area contributed by atoms with Crippen molar-refractivity contribution < 1.29 is 56.1 Å². The molecular weight excluding hydrogens is 524 g/mol. The summed E-state index contributed by atoms with van der Waals surface area (Å²) in [6.45, 7) is -1.96. The van der Waals surface area contributed by atoms with Crippen molar-refractivity contribution in [2.75, 3.05) is 66.4 Å². The summed E-state index contributed by atoms with van der Waals surface area (Å²) in [4.78, 5) is 10.2. The predicted octanol–water partition coefficient (Wildman–Crippen LogP) is 4.37. The van der Waals surface area contributed by atoms with E-state index in [0.717, 1.165) is 0 Å². The van der Waals surface area contributed by atoms with Gasteiger partial charge in [0.2, 0.25) is 0 Å². The number of hydrogen-bond donors (Lipinski definition) is 0. The van der Waals surface area contributed by atoms with E-state index < -0.39 is 62.1 Å². The Hall–Kier alpha value is 0.300. The zero-order valence-corrected chi connectivity index (χ0v) is 21.1. The van der Waals surface area contributed by atoms with Gasteiger partial charge >= 0.3 is 17.0 Å². The van der Waals surface area contributed by atoms with Crippen LogP contribution in [0.25, 0.3) is 0 Å². The summed E-state index contributed by atoms with van der Waals surface area (Å²) in [5, 5.41) is -2.59. The van der Waals surface area contributed by atoms with Crippen molar-refractivity contribution >= 4 is 34.8 Å². The average molecular weight is 556 g/mol. The molecule has 0 rings (SSSR count). The first-order valence-corrected chi connectivity index (χ1v) is 11.4. The quantitative estimate of drug-likeness (QED) is 0.0600. The lowest BCUT2D eigenvalue weighted by molar-refractivity contribution is -0.601. The lowest BCUT2D eigenvalue weighted by Crippen LogP contribution is -2.73. The molecule has 0 aliphatic rings. The largest absolute Gasteiger partial charge is 0.377 e. The molecule has 15 heteroatoms. The van der Waals surface area contributed by atoms with Crippen LogP contribution in [0.15, 0.2) is 0 Å². The molecule has 0 spiro atoms. The first kappa shape index (κ1) is 33.3. The van der Waals surface area contributed by atoms with E-state index in [1.165, 1.54) is 14.0 Å². The number of hydrogen-bond acceptors (Lipinski definition) is 9. The first-order valence-electron chi connectivity index (χ1n) is 10.1. The van der Waals surface area contributed by atoms with Crippen molar-refractivity contribution in [1.82, 2.24) is 0 Å². The smallest absolute Gasteiger partial charge is 0.363 e. The summed E-state index contributed by atoms with van der Waals surface area (Å²) < 4.78 is 77.2. The third-order valence-corrected chi connectivity index (χ3v) is 4.58. The van der Waals surface area contributed by atoms with Crippen LogP contribution in [0.2, 0.25) is 0 Å². The molecule has 200 valence electrons. The third kappa shape index (κ3) is 9.70. The molecule has 0 aliphatic heterocycles. The Kier molecular flexibility index (Phi) is 18.7. The molecule has 4 atom stereocenters. The van der Waals surface area contributed by atoms with Gasteiger partial charge < -0.3 is 28.4 Å². The molecule has 33 heavy (non-hydrogen) atoms. The summed E-state index contributed by atoms with van der Waals surface area (Å²) in [5.41, 5.74) is -1.01. The van der Waals surface area contributed by atoms with Crippen LogP contribution in [-0.4, -0.2) is 89.0 Å². The molecule has 0 radical (unpaired) electrons. The van der Waals surface area contributed by atoms with E-state index in [-0.39, 0.29) is 26.2 Å². The Balaban J connectivity index is 6.69. The van der Waals surface area contributed by atoms with Gasteiger partial charge in [0, 0.05) is 13.7 Å². The lowest BCUT2D eigenvalue weighted by atomic mass is 10.1. The van der Waals surface area contributed by atoms with Gasteiger partial charge in [-0.3, -0.25) is 9.13 Å². The molecule has 0 heterocycles. The molecule has 0 fully saturated rings. The van der Waals surface area contributed by atoms with Crippen LogP contribution >= 0.6 is 34.8 Å². The number of rotatable bonds is 23. The Bertz CT molecular complexity index is 493. The van der Waals surface area contributed by atoms with Crippen molar-refractivity contribution in [3.63, 3.8) is 0 Å². The van der Waals surface area contributed by atoms with E-state index in [4.69, 9.17) is 77.7 Å². The summed E-state index contributed by atoms with van der Waals surface area (Å²) in [7, 11) is 1.29. The molecule has 0 bridgehead atoms. The maximum Gasteiger partial charge on any atom is 0.377 e. The Morgan fingerprint density at radius 1 is 0.879 bits per heavy atom. The molecule has 0 aromatic carbocycles. The normalized spacial score (nSPS) is 18.5. The number of ether oxygens (including phenoxy) is 7. The van der Waals surface area contributed by atoms with Gasteiger partial charge in [-0.2, -0.15) is 4.89 Å². The van der Waals surface area contributed by atoms with Gasteiger partial charge in [-0.15, -0.1) is 0 Å². The highest BCUT2D eigenvalue weighted by atomic mass is 35.5. The minimum absolute atomic E-state index is 0.114.